The molecule has 25 heavy (non-hydrogen) atoms. The Kier molecular flexibility index (Phi) is 4.75. The number of aromatic nitrogens is 2. The standard InChI is InChI=1S/C12H5ClF6N4OS/c13-6-3-5(11(14,15)16)1-2-8(6)23-10(21)9(7(4-20)22-23)25(24)12(17,18)19/h1-3H,21H2. The first-order valence-electron chi connectivity index (χ1n) is 6.02. The van der Waals surface area contributed by atoms with Crippen LogP contribution in [0.2, 0.25) is 5.02 Å². The van der Waals surface area contributed by atoms with Gasteiger partial charge in [-0.05, 0) is 18.2 Å². The molecule has 2 aromatic rings. The first-order chi connectivity index (χ1) is 11.4. The Balaban J connectivity index is 2.65. The average molecular weight is 403 g/mol. The molecule has 0 amide bonds. The van der Waals surface area contributed by atoms with Crippen LogP contribution in [-0.2, 0) is 17.0 Å². The van der Waals surface area contributed by atoms with Crippen molar-refractivity contribution in [3.8, 4) is 11.8 Å². The van der Waals surface area contributed by atoms with Gasteiger partial charge >= 0.3 is 11.7 Å². The molecule has 0 aliphatic carbocycles. The highest BCUT2D eigenvalue weighted by molar-refractivity contribution is 7.86. The van der Waals surface area contributed by atoms with Gasteiger partial charge in [-0.1, -0.05) is 11.6 Å². The lowest BCUT2D eigenvalue weighted by atomic mass is 10.2. The Hall–Kier alpha value is -2.26. The molecule has 1 aromatic carbocycles. The van der Waals surface area contributed by atoms with Crippen molar-refractivity contribution < 1.29 is 30.6 Å². The number of hydrogen-bond acceptors (Lipinski definition) is 4. The smallest absolute Gasteiger partial charge is 0.383 e. The van der Waals surface area contributed by atoms with E-state index in [1.54, 1.807) is 0 Å². The topological polar surface area (TPSA) is 84.7 Å². The predicted octanol–water partition coefficient (Wildman–Crippen LogP) is 3.63. The molecule has 134 valence electrons. The highest BCUT2D eigenvalue weighted by Crippen LogP contribution is 2.36. The molecule has 0 spiro atoms. The number of nitriles is 1. The largest absolute Gasteiger partial charge is 0.476 e. The quantitative estimate of drug-likeness (QED) is 0.777. The second-order valence-corrected chi connectivity index (χ2v) is 6.28. The molecule has 1 aromatic heterocycles. The van der Waals surface area contributed by atoms with Crippen LogP contribution in [0, 0.1) is 11.3 Å². The van der Waals surface area contributed by atoms with Crippen LogP contribution in [0.5, 0.6) is 0 Å². The third-order valence-electron chi connectivity index (χ3n) is 2.88. The van der Waals surface area contributed by atoms with Crippen molar-refractivity contribution in [2.75, 3.05) is 5.73 Å². The van der Waals surface area contributed by atoms with Crippen molar-refractivity contribution in [2.45, 2.75) is 16.6 Å². The SMILES string of the molecule is N#Cc1nn(-c2ccc(C(F)(F)F)cc2Cl)c(N)c1S(=O)C(F)(F)F. The van der Waals surface area contributed by atoms with Gasteiger partial charge in [0.1, 0.15) is 16.8 Å². The van der Waals surface area contributed by atoms with Gasteiger partial charge in [-0.3, -0.25) is 0 Å². The van der Waals surface area contributed by atoms with Crippen molar-refractivity contribution in [1.29, 1.82) is 5.26 Å². The Morgan fingerprint density at radius 1 is 1.24 bits per heavy atom. The van der Waals surface area contributed by atoms with Gasteiger partial charge in [0.2, 0.25) is 0 Å². The minimum absolute atomic E-state index is 0.311. The third-order valence-corrected chi connectivity index (χ3v) is 4.38. The zero-order chi connectivity index (χ0) is 19.2. The lowest BCUT2D eigenvalue weighted by Gasteiger charge is -2.11. The minimum Gasteiger partial charge on any atom is -0.383 e. The third kappa shape index (κ3) is 3.57. The molecular formula is C12H5ClF6N4OS. The highest BCUT2D eigenvalue weighted by Gasteiger charge is 2.42. The summed E-state index contributed by atoms with van der Waals surface area (Å²) in [4.78, 5) is -1.09. The molecule has 0 saturated carbocycles. The van der Waals surface area contributed by atoms with Gasteiger partial charge in [0.15, 0.2) is 16.5 Å². The molecule has 1 atom stereocenters. The maximum Gasteiger partial charge on any atom is 0.476 e. The zero-order valence-electron chi connectivity index (χ0n) is 11.6. The summed E-state index contributed by atoms with van der Waals surface area (Å²) in [5.41, 5.74) is -2.03. The zero-order valence-corrected chi connectivity index (χ0v) is 13.2. The first kappa shape index (κ1) is 19.1. The van der Waals surface area contributed by atoms with Gasteiger partial charge in [-0.25, -0.2) is 8.89 Å². The molecule has 0 aliphatic rings. The van der Waals surface area contributed by atoms with Gasteiger partial charge in [0, 0.05) is 0 Å². The van der Waals surface area contributed by atoms with Gasteiger partial charge in [0.25, 0.3) is 0 Å². The van der Waals surface area contributed by atoms with E-state index in [-0.39, 0.29) is 5.69 Å². The van der Waals surface area contributed by atoms with E-state index in [1.807, 2.05) is 0 Å². The summed E-state index contributed by atoms with van der Waals surface area (Å²) in [6, 6.07) is 3.25. The van der Waals surface area contributed by atoms with Crippen LogP contribution in [0.1, 0.15) is 11.3 Å². The van der Waals surface area contributed by atoms with E-state index in [4.69, 9.17) is 22.6 Å². The fourth-order valence-electron chi connectivity index (χ4n) is 1.83. The van der Waals surface area contributed by atoms with Crippen molar-refractivity contribution >= 4 is 28.2 Å². The molecule has 1 heterocycles. The maximum absolute atomic E-state index is 12.7. The molecule has 0 fully saturated rings. The van der Waals surface area contributed by atoms with Crippen LogP contribution in [0.4, 0.5) is 32.2 Å². The number of hydrogen-bond donors (Lipinski definition) is 1. The number of anilines is 1. The number of halogens is 7. The Bertz CT molecular complexity index is 899. The van der Waals surface area contributed by atoms with Gasteiger partial charge in [-0.2, -0.15) is 36.7 Å². The van der Waals surface area contributed by atoms with Crippen molar-refractivity contribution in [3.63, 3.8) is 0 Å². The van der Waals surface area contributed by atoms with E-state index in [9.17, 15) is 30.6 Å². The van der Waals surface area contributed by atoms with Crippen LogP contribution in [0.3, 0.4) is 0 Å². The molecule has 0 bridgehead atoms. The molecule has 2 rings (SSSR count). The number of nitrogens with two attached hydrogens (primary N) is 1. The number of benzene rings is 1. The van der Waals surface area contributed by atoms with E-state index >= 15 is 0 Å². The fourth-order valence-corrected chi connectivity index (χ4v) is 2.86. The lowest BCUT2D eigenvalue weighted by Crippen LogP contribution is -2.18. The van der Waals surface area contributed by atoms with Crippen LogP contribution in [0.25, 0.3) is 5.69 Å². The first-order valence-corrected chi connectivity index (χ1v) is 7.55. The summed E-state index contributed by atoms with van der Waals surface area (Å²) in [5.74, 6) is -0.825. The summed E-state index contributed by atoms with van der Waals surface area (Å²) < 4.78 is 87.9. The molecular weight excluding hydrogens is 398 g/mol. The molecule has 0 saturated heterocycles. The number of nitrogen functional groups attached to an aromatic ring is 1. The van der Waals surface area contributed by atoms with Crippen molar-refractivity contribution in [2.24, 2.45) is 0 Å². The Morgan fingerprint density at radius 2 is 1.84 bits per heavy atom. The van der Waals surface area contributed by atoms with Gasteiger partial charge < -0.3 is 5.73 Å². The summed E-state index contributed by atoms with van der Waals surface area (Å²) in [6.07, 6.45) is -4.70. The summed E-state index contributed by atoms with van der Waals surface area (Å²) in [7, 11) is -3.66. The second-order valence-electron chi connectivity index (χ2n) is 4.46. The number of nitrogens with zero attached hydrogens (tertiary/aromatic N) is 3. The van der Waals surface area contributed by atoms with E-state index in [2.05, 4.69) is 5.10 Å². The number of rotatable bonds is 2. The van der Waals surface area contributed by atoms with Crippen LogP contribution in [-0.4, -0.2) is 19.5 Å². The number of alkyl halides is 6. The predicted molar refractivity (Wildman–Crippen MR) is 75.2 cm³/mol. The van der Waals surface area contributed by atoms with Crippen LogP contribution < -0.4 is 5.73 Å². The van der Waals surface area contributed by atoms with Crippen LogP contribution >= 0.6 is 11.6 Å². The summed E-state index contributed by atoms with van der Waals surface area (Å²) in [5, 5.41) is 11.8. The lowest BCUT2D eigenvalue weighted by molar-refractivity contribution is -0.137. The molecule has 2 N–H and O–H groups in total. The fraction of sp³-hybridized carbons (Fsp3) is 0.167. The van der Waals surface area contributed by atoms with E-state index < -0.39 is 49.5 Å². The maximum atomic E-state index is 12.7. The van der Waals surface area contributed by atoms with Gasteiger partial charge in [0.05, 0.1) is 16.3 Å². The normalized spacial score (nSPS) is 13.5. The van der Waals surface area contributed by atoms with E-state index in [0.717, 1.165) is 6.07 Å². The molecule has 13 heteroatoms. The molecule has 0 radical (unpaired) electrons. The minimum atomic E-state index is -5.21. The molecule has 5 nitrogen and oxygen atoms in total. The monoisotopic (exact) mass is 402 g/mol. The Morgan fingerprint density at radius 3 is 2.28 bits per heavy atom. The van der Waals surface area contributed by atoms with Crippen molar-refractivity contribution in [1.82, 2.24) is 9.78 Å². The van der Waals surface area contributed by atoms with Crippen LogP contribution in [0.15, 0.2) is 23.1 Å². The van der Waals surface area contributed by atoms with Gasteiger partial charge in [-0.15, -0.1) is 0 Å². The highest BCUT2D eigenvalue weighted by atomic mass is 35.5. The van der Waals surface area contributed by atoms with Crippen molar-refractivity contribution in [3.05, 3.63) is 34.5 Å². The molecule has 0 aliphatic heterocycles. The Labute approximate surface area is 143 Å². The second kappa shape index (κ2) is 6.23. The average Bonchev–Trinajstić information content (AvgIpc) is 2.81. The summed E-state index contributed by atoms with van der Waals surface area (Å²) >= 11 is 5.72. The molecule has 1 unspecified atom stereocenters. The van der Waals surface area contributed by atoms with E-state index in [1.165, 1.54) is 6.07 Å². The van der Waals surface area contributed by atoms with E-state index in [0.29, 0.717) is 16.8 Å². The summed E-state index contributed by atoms with van der Waals surface area (Å²) in [6.45, 7) is 0.